The van der Waals surface area contributed by atoms with E-state index in [1.807, 2.05) is 19.9 Å². The molecule has 5 nitrogen and oxygen atoms in total. The average Bonchev–Trinajstić information content (AvgIpc) is 3.28. The van der Waals surface area contributed by atoms with Crippen molar-refractivity contribution < 1.29 is 24.1 Å². The predicted molar refractivity (Wildman–Crippen MR) is 132 cm³/mol. The number of rotatable bonds is 2. The Labute approximate surface area is 209 Å². The van der Waals surface area contributed by atoms with Gasteiger partial charge >= 0.3 is 5.97 Å². The largest absolute Gasteiger partial charge is 0.463 e. The summed E-state index contributed by atoms with van der Waals surface area (Å²) in [5.41, 5.74) is 0.194. The molecule has 192 valence electrons. The van der Waals surface area contributed by atoms with Crippen LogP contribution < -0.4 is 0 Å². The van der Waals surface area contributed by atoms with Gasteiger partial charge in [-0.2, -0.15) is 0 Å². The lowest BCUT2D eigenvalue weighted by atomic mass is 9.43. The lowest BCUT2D eigenvalue weighted by Crippen LogP contribution is -2.64. The van der Waals surface area contributed by atoms with Crippen LogP contribution in [0.2, 0.25) is 0 Å². The maximum atomic E-state index is 12.2. The summed E-state index contributed by atoms with van der Waals surface area (Å²) in [7, 11) is 0. The number of benzene rings is 1. The Hall–Kier alpha value is -1.43. The Kier molecular flexibility index (Phi) is 5.33. The topological polar surface area (TPSA) is 65.0 Å². The molecule has 5 aliphatic rings. The van der Waals surface area contributed by atoms with Crippen molar-refractivity contribution in [2.45, 2.75) is 109 Å². The monoisotopic (exact) mass is 482 g/mol. The molecule has 0 bridgehead atoms. The lowest BCUT2D eigenvalue weighted by Gasteiger charge is -2.63. The Balaban J connectivity index is 1.39. The van der Waals surface area contributed by atoms with Gasteiger partial charge in [-0.25, -0.2) is 0 Å². The van der Waals surface area contributed by atoms with E-state index in [0.717, 1.165) is 50.5 Å². The normalized spacial score (nSPS) is 49.9. The number of hydrogen-bond acceptors (Lipinski definition) is 5. The first-order valence-corrected chi connectivity index (χ1v) is 13.8. The summed E-state index contributed by atoms with van der Waals surface area (Å²) in [6.07, 6.45) is 6.78. The molecule has 0 radical (unpaired) electrons. The molecule has 4 saturated carbocycles. The fourth-order valence-corrected chi connectivity index (χ4v) is 9.69. The van der Waals surface area contributed by atoms with Crippen molar-refractivity contribution in [2.24, 2.45) is 34.5 Å². The zero-order valence-electron chi connectivity index (χ0n) is 22.0. The van der Waals surface area contributed by atoms with Gasteiger partial charge in [0.05, 0.1) is 17.8 Å². The van der Waals surface area contributed by atoms with E-state index in [4.69, 9.17) is 14.2 Å². The van der Waals surface area contributed by atoms with E-state index in [0.29, 0.717) is 23.7 Å². The van der Waals surface area contributed by atoms with Gasteiger partial charge in [-0.05, 0) is 93.4 Å². The van der Waals surface area contributed by atoms with Gasteiger partial charge < -0.3 is 19.3 Å². The molecule has 1 aromatic rings. The molecule has 6 rings (SSSR count). The van der Waals surface area contributed by atoms with Gasteiger partial charge in [0.1, 0.15) is 6.10 Å². The standard InChI is InChI=1S/C30H42O5/c1-18(31)33-20-11-14-28(4)21-12-15-29(5)22(13-16-30(29,32)19-9-7-6-8-10-19)24(21)26-25(23(28)17-20)34-27(2,3)35-26/h6-10,20-26,32H,11-17H2,1-5H3. The van der Waals surface area contributed by atoms with Crippen LogP contribution in [0.15, 0.2) is 30.3 Å². The number of carbonyl (C=O) groups excluding carboxylic acids is 1. The van der Waals surface area contributed by atoms with Crippen molar-refractivity contribution >= 4 is 5.97 Å². The third-order valence-electron chi connectivity index (χ3n) is 11.2. The third-order valence-corrected chi connectivity index (χ3v) is 11.2. The number of hydrogen-bond donors (Lipinski definition) is 1. The Morgan fingerprint density at radius 3 is 2.31 bits per heavy atom. The molecule has 5 heteroatoms. The highest BCUT2D eigenvalue weighted by Gasteiger charge is 2.71. The molecule has 1 heterocycles. The molecular formula is C30H42O5. The molecule has 0 amide bonds. The van der Waals surface area contributed by atoms with Gasteiger partial charge in [0.25, 0.3) is 0 Å². The average molecular weight is 483 g/mol. The van der Waals surface area contributed by atoms with Crippen molar-refractivity contribution in [3.8, 4) is 0 Å². The zero-order chi connectivity index (χ0) is 24.8. The second-order valence-corrected chi connectivity index (χ2v) is 13.2. The number of esters is 1. The van der Waals surface area contributed by atoms with Gasteiger partial charge in [-0.15, -0.1) is 0 Å². The lowest BCUT2D eigenvalue weighted by molar-refractivity contribution is -0.208. The maximum Gasteiger partial charge on any atom is 0.302 e. The van der Waals surface area contributed by atoms with Gasteiger partial charge in [-0.1, -0.05) is 44.2 Å². The third kappa shape index (κ3) is 3.33. The smallest absolute Gasteiger partial charge is 0.302 e. The van der Waals surface area contributed by atoms with Crippen LogP contribution >= 0.6 is 0 Å². The number of carbonyl (C=O) groups is 1. The van der Waals surface area contributed by atoms with Gasteiger partial charge in [0.15, 0.2) is 5.79 Å². The van der Waals surface area contributed by atoms with E-state index in [9.17, 15) is 9.90 Å². The molecule has 10 unspecified atom stereocenters. The number of aliphatic hydroxyl groups is 1. The van der Waals surface area contributed by atoms with Crippen LogP contribution in [-0.4, -0.2) is 35.2 Å². The summed E-state index contributed by atoms with van der Waals surface area (Å²) in [6.45, 7) is 10.4. The fraction of sp³-hybridized carbons (Fsp3) is 0.767. The second kappa shape index (κ2) is 7.79. The van der Waals surface area contributed by atoms with Crippen LogP contribution in [0.3, 0.4) is 0 Å². The Morgan fingerprint density at radius 2 is 1.60 bits per heavy atom. The van der Waals surface area contributed by atoms with Crippen LogP contribution in [0.25, 0.3) is 0 Å². The molecule has 1 aromatic carbocycles. The van der Waals surface area contributed by atoms with Crippen LogP contribution in [-0.2, 0) is 24.6 Å². The molecule has 1 aliphatic heterocycles. The summed E-state index contributed by atoms with van der Waals surface area (Å²) < 4.78 is 19.1. The van der Waals surface area contributed by atoms with Crippen LogP contribution in [0.5, 0.6) is 0 Å². The van der Waals surface area contributed by atoms with Crippen molar-refractivity contribution in [3.05, 3.63) is 35.9 Å². The summed E-state index contributed by atoms with van der Waals surface area (Å²) >= 11 is 0. The molecule has 10 atom stereocenters. The summed E-state index contributed by atoms with van der Waals surface area (Å²) in [6, 6.07) is 10.3. The van der Waals surface area contributed by atoms with E-state index in [1.54, 1.807) is 0 Å². The SMILES string of the molecule is CC(=O)OC1CCC2(C)C(C1)C1OC(C)(C)OC1C1C2CCC2(C)C1CCC2(O)c1ccccc1. The van der Waals surface area contributed by atoms with Crippen LogP contribution in [0.4, 0.5) is 0 Å². The second-order valence-electron chi connectivity index (χ2n) is 13.2. The quantitative estimate of drug-likeness (QED) is 0.557. The highest BCUT2D eigenvalue weighted by Crippen LogP contribution is 2.71. The van der Waals surface area contributed by atoms with E-state index >= 15 is 0 Å². The maximum absolute atomic E-state index is 12.2. The predicted octanol–water partition coefficient (Wildman–Crippen LogP) is 5.59. The van der Waals surface area contributed by atoms with Crippen molar-refractivity contribution in [1.82, 2.24) is 0 Å². The first kappa shape index (κ1) is 23.9. The highest BCUT2D eigenvalue weighted by atomic mass is 16.8. The fourth-order valence-electron chi connectivity index (χ4n) is 9.69. The summed E-state index contributed by atoms with van der Waals surface area (Å²) in [5, 5.41) is 12.2. The van der Waals surface area contributed by atoms with Crippen molar-refractivity contribution in [2.75, 3.05) is 0 Å². The molecular weight excluding hydrogens is 440 g/mol. The Bertz CT molecular complexity index is 992. The number of ether oxygens (including phenoxy) is 3. The van der Waals surface area contributed by atoms with Gasteiger partial charge in [0.2, 0.25) is 0 Å². The first-order valence-electron chi connectivity index (χ1n) is 13.8. The summed E-state index contributed by atoms with van der Waals surface area (Å²) in [5.74, 6) is 0.785. The number of fused-ring (bicyclic) bond motifs is 8. The zero-order valence-corrected chi connectivity index (χ0v) is 22.0. The van der Waals surface area contributed by atoms with Crippen LogP contribution in [0.1, 0.15) is 85.1 Å². The molecule has 35 heavy (non-hydrogen) atoms. The molecule has 0 spiro atoms. The first-order chi connectivity index (χ1) is 16.5. The highest BCUT2D eigenvalue weighted by molar-refractivity contribution is 5.66. The minimum Gasteiger partial charge on any atom is -0.463 e. The van der Waals surface area contributed by atoms with Gasteiger partial charge in [-0.3, -0.25) is 4.79 Å². The van der Waals surface area contributed by atoms with E-state index in [1.165, 1.54) is 6.92 Å². The minimum absolute atomic E-state index is 0.00220. The van der Waals surface area contributed by atoms with E-state index < -0.39 is 11.4 Å². The summed E-state index contributed by atoms with van der Waals surface area (Å²) in [4.78, 5) is 11.7. The van der Waals surface area contributed by atoms with Crippen molar-refractivity contribution in [3.63, 3.8) is 0 Å². The van der Waals surface area contributed by atoms with E-state index in [2.05, 4.69) is 38.1 Å². The molecule has 5 fully saturated rings. The Morgan fingerprint density at radius 1 is 0.914 bits per heavy atom. The molecule has 0 aromatic heterocycles. The molecule has 1 saturated heterocycles. The minimum atomic E-state index is -0.806. The van der Waals surface area contributed by atoms with Crippen LogP contribution in [0, 0.1) is 34.5 Å². The van der Waals surface area contributed by atoms with Crippen molar-refractivity contribution in [1.29, 1.82) is 0 Å². The van der Waals surface area contributed by atoms with Gasteiger partial charge in [0, 0.05) is 12.3 Å². The molecule has 1 N–H and O–H groups in total. The van der Waals surface area contributed by atoms with E-state index in [-0.39, 0.29) is 35.1 Å². The molecule has 4 aliphatic carbocycles.